The van der Waals surface area contributed by atoms with Crippen LogP contribution in [0.1, 0.15) is 35.7 Å². The maximum atomic E-state index is 14.5. The third kappa shape index (κ3) is 3.80. The zero-order valence-electron chi connectivity index (χ0n) is 14.5. The molecule has 0 N–H and O–H groups in total. The van der Waals surface area contributed by atoms with E-state index in [1.54, 1.807) is 23.5 Å². The predicted octanol–water partition coefficient (Wildman–Crippen LogP) is 5.00. The van der Waals surface area contributed by atoms with Gasteiger partial charge in [0, 0.05) is 34.7 Å². The Kier molecular flexibility index (Phi) is 5.30. The van der Waals surface area contributed by atoms with Crippen molar-refractivity contribution in [3.8, 4) is 0 Å². The Morgan fingerprint density at radius 3 is 2.73 bits per heavy atom. The molecule has 0 amide bonds. The monoisotopic (exact) mass is 387 g/mol. The molecule has 2 heterocycles. The number of carbonyl (C=O) groups excluding carboxylic acids is 1. The molecular formula is C21H22FNOS2. The smallest absolute Gasteiger partial charge is 0.157 e. The molecule has 1 aromatic carbocycles. The highest BCUT2D eigenvalue weighted by atomic mass is 32.1. The highest BCUT2D eigenvalue weighted by Crippen LogP contribution is 2.39. The number of rotatable bonds is 5. The van der Waals surface area contributed by atoms with Gasteiger partial charge in [-0.05, 0) is 48.4 Å². The van der Waals surface area contributed by atoms with Crippen molar-refractivity contribution in [1.29, 1.82) is 0 Å². The van der Waals surface area contributed by atoms with Gasteiger partial charge < -0.3 is 0 Å². The molecule has 0 radical (unpaired) electrons. The minimum absolute atomic E-state index is 0.0954. The van der Waals surface area contributed by atoms with Crippen LogP contribution in [0, 0.1) is 11.7 Å². The summed E-state index contributed by atoms with van der Waals surface area (Å²) in [7, 11) is 0. The lowest BCUT2D eigenvalue weighted by Crippen LogP contribution is -2.42. The number of ketones is 1. The number of hydrogen-bond donors (Lipinski definition) is 1. The SMILES string of the molecule is O=C(C1CC1)C(c1ccccc1F)N1CCC(S)/C(=C\c2cccs2)C1. The lowest BCUT2D eigenvalue weighted by atomic mass is 9.93. The van der Waals surface area contributed by atoms with E-state index in [9.17, 15) is 9.18 Å². The normalized spacial score (nSPS) is 23.9. The van der Waals surface area contributed by atoms with Gasteiger partial charge in [-0.25, -0.2) is 4.39 Å². The number of likely N-dealkylation sites (tertiary alicyclic amines) is 1. The number of carbonyl (C=O) groups is 1. The molecule has 1 saturated heterocycles. The number of hydrogen-bond acceptors (Lipinski definition) is 4. The first-order valence-electron chi connectivity index (χ1n) is 9.07. The van der Waals surface area contributed by atoms with Gasteiger partial charge in [0.15, 0.2) is 5.78 Å². The molecule has 0 bridgehead atoms. The average molecular weight is 388 g/mol. The fourth-order valence-corrected chi connectivity index (χ4v) is 4.59. The molecule has 2 atom stereocenters. The van der Waals surface area contributed by atoms with E-state index in [1.807, 2.05) is 12.1 Å². The Labute approximate surface area is 163 Å². The summed E-state index contributed by atoms with van der Waals surface area (Å²) in [4.78, 5) is 16.4. The van der Waals surface area contributed by atoms with Crippen molar-refractivity contribution in [3.05, 3.63) is 63.6 Å². The van der Waals surface area contributed by atoms with E-state index >= 15 is 0 Å². The summed E-state index contributed by atoms with van der Waals surface area (Å²) in [5.41, 5.74) is 1.71. The van der Waals surface area contributed by atoms with Crippen LogP contribution in [0.4, 0.5) is 4.39 Å². The highest BCUT2D eigenvalue weighted by molar-refractivity contribution is 7.81. The van der Waals surface area contributed by atoms with E-state index in [2.05, 4.69) is 22.4 Å². The van der Waals surface area contributed by atoms with Gasteiger partial charge in [0.25, 0.3) is 0 Å². The molecule has 26 heavy (non-hydrogen) atoms. The van der Waals surface area contributed by atoms with Crippen LogP contribution in [0.5, 0.6) is 0 Å². The first-order chi connectivity index (χ1) is 12.6. The summed E-state index contributed by atoms with van der Waals surface area (Å²) < 4.78 is 14.5. The fourth-order valence-electron chi connectivity index (χ4n) is 3.63. The van der Waals surface area contributed by atoms with Crippen LogP contribution in [0.3, 0.4) is 0 Å². The second-order valence-electron chi connectivity index (χ2n) is 7.11. The van der Waals surface area contributed by atoms with Crippen LogP contribution < -0.4 is 0 Å². The Balaban J connectivity index is 1.65. The summed E-state index contributed by atoms with van der Waals surface area (Å²) in [6.45, 7) is 1.41. The van der Waals surface area contributed by atoms with Crippen LogP contribution in [-0.2, 0) is 4.79 Å². The number of benzene rings is 1. The van der Waals surface area contributed by atoms with E-state index in [-0.39, 0.29) is 22.8 Å². The Morgan fingerprint density at radius 1 is 1.23 bits per heavy atom. The predicted molar refractivity (Wildman–Crippen MR) is 108 cm³/mol. The second kappa shape index (κ2) is 7.67. The topological polar surface area (TPSA) is 20.3 Å². The molecule has 2 aliphatic rings. The first kappa shape index (κ1) is 18.0. The average Bonchev–Trinajstić information content (AvgIpc) is 3.37. The van der Waals surface area contributed by atoms with Gasteiger partial charge in [-0.2, -0.15) is 12.6 Å². The molecule has 5 heteroatoms. The van der Waals surface area contributed by atoms with Gasteiger partial charge in [0.2, 0.25) is 0 Å². The van der Waals surface area contributed by atoms with E-state index in [1.165, 1.54) is 16.5 Å². The molecule has 0 spiro atoms. The summed E-state index contributed by atoms with van der Waals surface area (Å²) in [6, 6.07) is 10.3. The van der Waals surface area contributed by atoms with Gasteiger partial charge in [-0.15, -0.1) is 11.3 Å². The van der Waals surface area contributed by atoms with Crippen LogP contribution in [0.15, 0.2) is 47.4 Å². The van der Waals surface area contributed by atoms with E-state index in [0.29, 0.717) is 12.1 Å². The van der Waals surface area contributed by atoms with Crippen molar-refractivity contribution in [1.82, 2.24) is 4.90 Å². The van der Waals surface area contributed by atoms with Gasteiger partial charge in [-0.1, -0.05) is 24.3 Å². The minimum atomic E-state index is -0.490. The number of thiophene rings is 1. The molecule has 1 aliphatic carbocycles. The Hall–Kier alpha value is -1.43. The lowest BCUT2D eigenvalue weighted by molar-refractivity contribution is -0.126. The van der Waals surface area contributed by atoms with Crippen molar-refractivity contribution in [3.63, 3.8) is 0 Å². The molecular weight excluding hydrogens is 365 g/mol. The van der Waals surface area contributed by atoms with E-state index < -0.39 is 6.04 Å². The van der Waals surface area contributed by atoms with E-state index in [4.69, 9.17) is 12.6 Å². The Morgan fingerprint density at radius 2 is 2.04 bits per heavy atom. The molecule has 2 aromatic rings. The molecule has 1 aromatic heterocycles. The maximum Gasteiger partial charge on any atom is 0.157 e. The third-order valence-corrected chi connectivity index (χ3v) is 6.60. The number of thiol groups is 1. The quantitative estimate of drug-likeness (QED) is 0.729. The molecule has 136 valence electrons. The van der Waals surface area contributed by atoms with E-state index in [0.717, 1.165) is 25.8 Å². The number of halogens is 1. The molecule has 2 fully saturated rings. The fraction of sp³-hybridized carbons (Fsp3) is 0.381. The van der Waals surface area contributed by atoms with Gasteiger partial charge in [-0.3, -0.25) is 9.69 Å². The van der Waals surface area contributed by atoms with Crippen molar-refractivity contribution in [2.45, 2.75) is 30.6 Å². The first-order valence-corrected chi connectivity index (χ1v) is 10.5. The van der Waals surface area contributed by atoms with Crippen molar-refractivity contribution >= 4 is 35.8 Å². The van der Waals surface area contributed by atoms with Crippen LogP contribution in [0.2, 0.25) is 0 Å². The van der Waals surface area contributed by atoms with Crippen LogP contribution in [-0.4, -0.2) is 29.0 Å². The minimum Gasteiger partial charge on any atom is -0.297 e. The van der Waals surface area contributed by atoms with Gasteiger partial charge >= 0.3 is 0 Å². The maximum absolute atomic E-state index is 14.5. The summed E-state index contributed by atoms with van der Waals surface area (Å²) in [5, 5.41) is 2.24. The Bertz CT molecular complexity index is 813. The highest BCUT2D eigenvalue weighted by Gasteiger charge is 2.40. The largest absolute Gasteiger partial charge is 0.297 e. The zero-order valence-corrected chi connectivity index (χ0v) is 16.2. The second-order valence-corrected chi connectivity index (χ2v) is 8.71. The van der Waals surface area contributed by atoms with Crippen molar-refractivity contribution in [2.75, 3.05) is 13.1 Å². The summed E-state index contributed by atoms with van der Waals surface area (Å²) in [6.07, 6.45) is 4.91. The lowest BCUT2D eigenvalue weighted by Gasteiger charge is -2.37. The molecule has 2 nitrogen and oxygen atoms in total. The molecule has 4 rings (SSSR count). The van der Waals surface area contributed by atoms with Crippen LogP contribution in [0.25, 0.3) is 6.08 Å². The number of piperidine rings is 1. The van der Waals surface area contributed by atoms with Crippen molar-refractivity contribution in [2.24, 2.45) is 5.92 Å². The standard InChI is InChI=1S/C21H22FNOS2/c22-18-6-2-1-5-17(18)20(21(24)14-7-8-14)23-10-9-19(25)15(13-23)12-16-4-3-11-26-16/h1-6,11-12,14,19-20,25H,7-10,13H2/b15-12-. The van der Waals surface area contributed by atoms with Gasteiger partial charge in [0.05, 0.1) is 6.04 Å². The number of Topliss-reactive ketones (excluding diaryl/α,β-unsaturated/α-hetero) is 1. The zero-order chi connectivity index (χ0) is 18.1. The summed E-state index contributed by atoms with van der Waals surface area (Å²) in [5.74, 6) is -0.0236. The van der Waals surface area contributed by atoms with Crippen LogP contribution >= 0.6 is 24.0 Å². The summed E-state index contributed by atoms with van der Waals surface area (Å²) >= 11 is 6.43. The third-order valence-electron chi connectivity index (χ3n) is 5.19. The molecule has 1 aliphatic heterocycles. The van der Waals surface area contributed by atoms with Gasteiger partial charge in [0.1, 0.15) is 5.82 Å². The number of nitrogens with zero attached hydrogens (tertiary/aromatic N) is 1. The molecule has 2 unspecified atom stereocenters. The van der Waals surface area contributed by atoms with Crippen molar-refractivity contribution < 1.29 is 9.18 Å². The molecule has 1 saturated carbocycles.